The Hall–Kier alpha value is -1.83. The lowest BCUT2D eigenvalue weighted by molar-refractivity contribution is -0.139. The SMILES string of the molecule is O=C1NCC(O)CC12CN(c1ccncc1C(F)(F)F)C2. The number of carbonyl (C=O) groups is 1. The molecule has 1 atom stereocenters. The maximum absolute atomic E-state index is 13.0. The number of alkyl halides is 3. The van der Waals surface area contributed by atoms with E-state index in [0.29, 0.717) is 0 Å². The van der Waals surface area contributed by atoms with E-state index in [9.17, 15) is 23.1 Å². The molecule has 2 aliphatic rings. The standard InChI is InChI=1S/C13H14F3N3O2/c14-13(15,16)9-5-17-2-1-10(9)19-6-12(7-19)3-8(20)4-18-11(12)21/h1-2,5,8,20H,3-4,6-7H2,(H,18,21). The number of aliphatic hydroxyl groups is 1. The summed E-state index contributed by atoms with van der Waals surface area (Å²) in [6, 6.07) is 1.30. The molecular weight excluding hydrogens is 287 g/mol. The number of hydrogen-bond donors (Lipinski definition) is 2. The molecule has 1 aromatic heterocycles. The molecule has 1 aromatic rings. The summed E-state index contributed by atoms with van der Waals surface area (Å²) >= 11 is 0. The second-order valence-corrected chi connectivity index (χ2v) is 5.59. The highest BCUT2D eigenvalue weighted by Crippen LogP contribution is 2.44. The minimum atomic E-state index is -4.49. The minimum absolute atomic E-state index is 0.0241. The average molecular weight is 301 g/mol. The first-order valence-corrected chi connectivity index (χ1v) is 6.54. The first kappa shape index (κ1) is 14.1. The summed E-state index contributed by atoms with van der Waals surface area (Å²) in [5.74, 6) is -0.202. The fraction of sp³-hybridized carbons (Fsp3) is 0.538. The second-order valence-electron chi connectivity index (χ2n) is 5.59. The van der Waals surface area contributed by atoms with Gasteiger partial charge in [-0.3, -0.25) is 9.78 Å². The van der Waals surface area contributed by atoms with Crippen LogP contribution in [0.5, 0.6) is 0 Å². The molecule has 0 saturated carbocycles. The number of carbonyl (C=O) groups excluding carboxylic acids is 1. The fourth-order valence-electron chi connectivity index (χ4n) is 3.02. The average Bonchev–Trinajstić information content (AvgIpc) is 2.38. The maximum Gasteiger partial charge on any atom is 0.419 e. The van der Waals surface area contributed by atoms with Gasteiger partial charge < -0.3 is 15.3 Å². The van der Waals surface area contributed by atoms with E-state index >= 15 is 0 Å². The van der Waals surface area contributed by atoms with Crippen LogP contribution in [0.3, 0.4) is 0 Å². The predicted molar refractivity (Wildman–Crippen MR) is 67.5 cm³/mol. The number of β-amino-alcohol motifs (C(OH)–C–C–N with tert-alkyl or cyclic N) is 1. The molecular formula is C13H14F3N3O2. The van der Waals surface area contributed by atoms with Gasteiger partial charge in [-0.1, -0.05) is 0 Å². The lowest BCUT2D eigenvalue weighted by Gasteiger charge is -2.53. The van der Waals surface area contributed by atoms with Crippen molar-refractivity contribution in [2.24, 2.45) is 5.41 Å². The molecule has 21 heavy (non-hydrogen) atoms. The number of nitrogens with zero attached hydrogens (tertiary/aromatic N) is 2. The number of halogens is 3. The third-order valence-corrected chi connectivity index (χ3v) is 4.04. The molecule has 2 N–H and O–H groups in total. The molecule has 2 aliphatic heterocycles. The van der Waals surface area contributed by atoms with Gasteiger partial charge in [-0.15, -0.1) is 0 Å². The highest BCUT2D eigenvalue weighted by atomic mass is 19.4. The monoisotopic (exact) mass is 301 g/mol. The number of hydrogen-bond acceptors (Lipinski definition) is 4. The highest BCUT2D eigenvalue weighted by molar-refractivity contribution is 5.87. The second kappa shape index (κ2) is 4.59. The van der Waals surface area contributed by atoms with Crippen LogP contribution in [0.15, 0.2) is 18.5 Å². The fourth-order valence-corrected chi connectivity index (χ4v) is 3.02. The first-order valence-electron chi connectivity index (χ1n) is 6.54. The zero-order valence-electron chi connectivity index (χ0n) is 11.0. The molecule has 3 rings (SSSR count). The molecule has 1 spiro atoms. The Bertz CT molecular complexity index is 570. The summed E-state index contributed by atoms with van der Waals surface area (Å²) in [5, 5.41) is 12.2. The molecule has 2 saturated heterocycles. The van der Waals surface area contributed by atoms with E-state index < -0.39 is 23.3 Å². The molecule has 0 aromatic carbocycles. The van der Waals surface area contributed by atoms with Crippen molar-refractivity contribution in [3.8, 4) is 0 Å². The van der Waals surface area contributed by atoms with E-state index in [-0.39, 0.29) is 37.6 Å². The Morgan fingerprint density at radius 2 is 2.14 bits per heavy atom. The Morgan fingerprint density at radius 1 is 1.43 bits per heavy atom. The van der Waals surface area contributed by atoms with Crippen LogP contribution < -0.4 is 10.2 Å². The predicted octanol–water partition coefficient (Wildman–Crippen LogP) is 0.788. The lowest BCUT2D eigenvalue weighted by Crippen LogP contribution is -2.68. The smallest absolute Gasteiger partial charge is 0.391 e. The van der Waals surface area contributed by atoms with Crippen molar-refractivity contribution in [2.75, 3.05) is 24.5 Å². The van der Waals surface area contributed by atoms with Crippen LogP contribution in [0.4, 0.5) is 18.9 Å². The first-order chi connectivity index (χ1) is 9.82. The van der Waals surface area contributed by atoms with Crippen molar-refractivity contribution in [1.29, 1.82) is 0 Å². The van der Waals surface area contributed by atoms with Crippen molar-refractivity contribution in [1.82, 2.24) is 10.3 Å². The van der Waals surface area contributed by atoms with E-state index in [1.165, 1.54) is 17.2 Å². The van der Waals surface area contributed by atoms with Crippen LogP contribution in [0.2, 0.25) is 0 Å². The molecule has 1 unspecified atom stereocenters. The minimum Gasteiger partial charge on any atom is -0.391 e. The van der Waals surface area contributed by atoms with E-state index in [2.05, 4.69) is 10.3 Å². The summed E-state index contributed by atoms with van der Waals surface area (Å²) in [6.07, 6.45) is -2.77. The van der Waals surface area contributed by atoms with E-state index in [0.717, 1.165) is 6.20 Å². The third-order valence-electron chi connectivity index (χ3n) is 4.04. The Kier molecular flexibility index (Phi) is 3.09. The topological polar surface area (TPSA) is 65.5 Å². The number of aliphatic hydroxyl groups excluding tert-OH is 1. The van der Waals surface area contributed by atoms with Crippen molar-refractivity contribution in [3.63, 3.8) is 0 Å². The van der Waals surface area contributed by atoms with Gasteiger partial charge in [-0.2, -0.15) is 13.2 Å². The van der Waals surface area contributed by atoms with E-state index in [4.69, 9.17) is 0 Å². The summed E-state index contributed by atoms with van der Waals surface area (Å²) in [6.45, 7) is 0.537. The molecule has 0 radical (unpaired) electrons. The van der Waals surface area contributed by atoms with Gasteiger partial charge in [0, 0.05) is 32.0 Å². The van der Waals surface area contributed by atoms with Gasteiger partial charge in [0.15, 0.2) is 0 Å². The number of anilines is 1. The van der Waals surface area contributed by atoms with Crippen LogP contribution in [0.1, 0.15) is 12.0 Å². The van der Waals surface area contributed by atoms with Crippen molar-refractivity contribution in [3.05, 3.63) is 24.0 Å². The molecule has 0 bridgehead atoms. The van der Waals surface area contributed by atoms with Crippen molar-refractivity contribution in [2.45, 2.75) is 18.7 Å². The van der Waals surface area contributed by atoms with Gasteiger partial charge in [0.1, 0.15) is 0 Å². The number of piperidine rings is 1. The van der Waals surface area contributed by atoms with Gasteiger partial charge in [-0.05, 0) is 12.5 Å². The van der Waals surface area contributed by atoms with Gasteiger partial charge in [0.2, 0.25) is 5.91 Å². The maximum atomic E-state index is 13.0. The van der Waals surface area contributed by atoms with E-state index in [1.54, 1.807) is 0 Å². The Morgan fingerprint density at radius 3 is 2.81 bits per heavy atom. The molecule has 5 nitrogen and oxygen atoms in total. The van der Waals surface area contributed by atoms with Crippen LogP contribution in [-0.2, 0) is 11.0 Å². The van der Waals surface area contributed by atoms with Crippen LogP contribution in [0, 0.1) is 5.41 Å². The van der Waals surface area contributed by atoms with Gasteiger partial charge >= 0.3 is 6.18 Å². The van der Waals surface area contributed by atoms with Gasteiger partial charge in [0.25, 0.3) is 0 Å². The van der Waals surface area contributed by atoms with Crippen molar-refractivity contribution < 1.29 is 23.1 Å². The molecule has 114 valence electrons. The number of pyridine rings is 1. The molecule has 0 aliphatic carbocycles. The van der Waals surface area contributed by atoms with Crippen LogP contribution >= 0.6 is 0 Å². The quantitative estimate of drug-likeness (QED) is 0.805. The number of nitrogens with one attached hydrogen (secondary N) is 1. The summed E-state index contributed by atoms with van der Waals surface area (Å²) < 4.78 is 38.9. The Balaban J connectivity index is 1.82. The summed E-state index contributed by atoms with van der Waals surface area (Å²) in [5.41, 5.74) is -1.57. The van der Waals surface area contributed by atoms with Gasteiger partial charge in [0.05, 0.1) is 22.8 Å². The number of amides is 1. The largest absolute Gasteiger partial charge is 0.419 e. The van der Waals surface area contributed by atoms with Crippen LogP contribution in [0.25, 0.3) is 0 Å². The normalized spacial score (nSPS) is 24.7. The third kappa shape index (κ3) is 2.33. The van der Waals surface area contributed by atoms with Gasteiger partial charge in [-0.25, -0.2) is 0 Å². The molecule has 1 amide bonds. The zero-order valence-corrected chi connectivity index (χ0v) is 11.0. The summed E-state index contributed by atoms with van der Waals surface area (Å²) in [4.78, 5) is 16.9. The summed E-state index contributed by atoms with van der Waals surface area (Å²) in [7, 11) is 0. The molecule has 2 fully saturated rings. The molecule has 3 heterocycles. The van der Waals surface area contributed by atoms with Crippen LogP contribution in [-0.4, -0.2) is 41.7 Å². The molecule has 8 heteroatoms. The Labute approximate surface area is 118 Å². The number of rotatable bonds is 1. The van der Waals surface area contributed by atoms with E-state index in [1.807, 2.05) is 0 Å². The lowest BCUT2D eigenvalue weighted by atomic mass is 9.72. The number of aromatic nitrogens is 1. The zero-order chi connectivity index (χ0) is 15.3. The highest BCUT2D eigenvalue weighted by Gasteiger charge is 2.53. The van der Waals surface area contributed by atoms with Crippen molar-refractivity contribution >= 4 is 11.6 Å².